The molecule has 1 aromatic rings. The third kappa shape index (κ3) is 6.50. The van der Waals surface area contributed by atoms with Gasteiger partial charge in [0.05, 0.1) is 7.05 Å². The van der Waals surface area contributed by atoms with Gasteiger partial charge in [0, 0.05) is 18.6 Å². The van der Waals surface area contributed by atoms with E-state index in [0.717, 1.165) is 10.5 Å². The number of rotatable bonds is 9. The van der Waals surface area contributed by atoms with Crippen LogP contribution in [-0.2, 0) is 16.1 Å². The van der Waals surface area contributed by atoms with Crippen molar-refractivity contribution >= 4 is 11.8 Å². The van der Waals surface area contributed by atoms with E-state index in [1.807, 2.05) is 44.0 Å². The summed E-state index contributed by atoms with van der Waals surface area (Å²) in [7, 11) is 1.90. The molecule has 2 rings (SSSR count). The number of carbonyl (C=O) groups is 2. The lowest BCUT2D eigenvalue weighted by Gasteiger charge is -2.30. The summed E-state index contributed by atoms with van der Waals surface area (Å²) < 4.78 is 0. The highest BCUT2D eigenvalue weighted by atomic mass is 16.2. The van der Waals surface area contributed by atoms with E-state index in [4.69, 9.17) is 0 Å². The fourth-order valence-electron chi connectivity index (χ4n) is 3.14. The maximum Gasteiger partial charge on any atom is 0.278 e. The molecular weight excluding hydrogens is 314 g/mol. The van der Waals surface area contributed by atoms with Crippen LogP contribution in [0.1, 0.15) is 39.2 Å². The second kappa shape index (κ2) is 8.99. The minimum absolute atomic E-state index is 0.00912. The van der Waals surface area contributed by atoms with E-state index in [-0.39, 0.29) is 23.9 Å². The van der Waals surface area contributed by atoms with Gasteiger partial charge in [0.2, 0.25) is 0 Å². The number of carbonyl (C=O) groups excluding carboxylic acids is 2. The number of amides is 2. The van der Waals surface area contributed by atoms with Crippen molar-refractivity contribution in [2.75, 3.05) is 20.1 Å². The summed E-state index contributed by atoms with van der Waals surface area (Å²) >= 11 is 0. The van der Waals surface area contributed by atoms with Gasteiger partial charge in [-0.05, 0) is 45.1 Å². The molecule has 2 N–H and O–H groups in total. The van der Waals surface area contributed by atoms with E-state index in [1.165, 1.54) is 12.8 Å². The third-order valence-electron chi connectivity index (χ3n) is 4.68. The Balaban J connectivity index is 1.96. The molecule has 0 radical (unpaired) electrons. The van der Waals surface area contributed by atoms with Crippen LogP contribution in [0.15, 0.2) is 30.3 Å². The fourth-order valence-corrected chi connectivity index (χ4v) is 3.14. The van der Waals surface area contributed by atoms with Crippen molar-refractivity contribution in [2.24, 2.45) is 5.92 Å². The number of hydrogen-bond donors (Lipinski definition) is 2. The average molecular weight is 346 g/mol. The van der Waals surface area contributed by atoms with Crippen LogP contribution in [0.3, 0.4) is 0 Å². The molecule has 0 saturated heterocycles. The minimum Gasteiger partial charge on any atom is -0.349 e. The number of benzene rings is 1. The van der Waals surface area contributed by atoms with Crippen molar-refractivity contribution in [3.8, 4) is 0 Å². The summed E-state index contributed by atoms with van der Waals surface area (Å²) in [6.45, 7) is 7.34. The summed E-state index contributed by atoms with van der Waals surface area (Å²) in [6.07, 6.45) is 2.42. The highest BCUT2D eigenvalue weighted by Gasteiger charge is 2.35. The summed E-state index contributed by atoms with van der Waals surface area (Å²) in [5.74, 6) is 0.737. The monoisotopic (exact) mass is 346 g/mol. The fraction of sp³-hybridized carbons (Fsp3) is 0.600. The number of hydrogen-bond acceptors (Lipinski definition) is 2. The van der Waals surface area contributed by atoms with Crippen molar-refractivity contribution in [2.45, 2.75) is 52.2 Å². The normalized spacial score (nSPS) is 16.4. The predicted molar refractivity (Wildman–Crippen MR) is 99.1 cm³/mol. The van der Waals surface area contributed by atoms with Crippen LogP contribution in [-0.4, -0.2) is 48.9 Å². The number of likely N-dealkylation sites (N-methyl/N-ethyl adjacent to an activating group) is 1. The molecule has 0 spiro atoms. The Morgan fingerprint density at radius 1 is 1.16 bits per heavy atom. The minimum atomic E-state index is -0.00912. The maximum absolute atomic E-state index is 12.9. The van der Waals surface area contributed by atoms with Crippen LogP contribution in [0.4, 0.5) is 0 Å². The van der Waals surface area contributed by atoms with Gasteiger partial charge < -0.3 is 15.1 Å². The van der Waals surface area contributed by atoms with Crippen LogP contribution in [0.25, 0.3) is 0 Å². The quantitative estimate of drug-likeness (QED) is 0.697. The summed E-state index contributed by atoms with van der Waals surface area (Å²) in [5, 5.41) is 2.88. The second-order valence-electron chi connectivity index (χ2n) is 7.62. The van der Waals surface area contributed by atoms with Crippen LogP contribution >= 0.6 is 0 Å². The van der Waals surface area contributed by atoms with Crippen molar-refractivity contribution < 1.29 is 14.5 Å². The van der Waals surface area contributed by atoms with Gasteiger partial charge in [-0.1, -0.05) is 30.3 Å². The molecule has 25 heavy (non-hydrogen) atoms. The molecule has 0 aromatic heterocycles. The number of nitrogens with zero attached hydrogens (tertiary/aromatic N) is 1. The van der Waals surface area contributed by atoms with E-state index in [0.29, 0.717) is 25.6 Å². The first-order chi connectivity index (χ1) is 11.9. The van der Waals surface area contributed by atoms with Gasteiger partial charge in [-0.3, -0.25) is 9.59 Å². The molecule has 0 bridgehead atoms. The summed E-state index contributed by atoms with van der Waals surface area (Å²) in [4.78, 5) is 27.7. The maximum atomic E-state index is 12.9. The first-order valence-corrected chi connectivity index (χ1v) is 9.31. The van der Waals surface area contributed by atoms with Crippen molar-refractivity contribution in [3.05, 3.63) is 35.9 Å². The Hall–Kier alpha value is -1.88. The standard InChI is InChI=1S/C20H31N3O2/c1-15(2)21-19(24)13-22(4)14-20(25)23(16(3)18-10-11-18)12-17-8-6-5-7-9-17/h5-9,15-16,18H,10-14H2,1-4H3,(H,21,24)/p+1/t16-/m0/s1. The Labute approximate surface area is 151 Å². The molecule has 138 valence electrons. The van der Waals surface area contributed by atoms with Crippen LogP contribution in [0, 0.1) is 5.92 Å². The van der Waals surface area contributed by atoms with Gasteiger partial charge in [-0.15, -0.1) is 0 Å². The topological polar surface area (TPSA) is 53.9 Å². The molecule has 1 aliphatic rings. The van der Waals surface area contributed by atoms with E-state index < -0.39 is 0 Å². The molecule has 1 fully saturated rings. The Morgan fingerprint density at radius 3 is 2.36 bits per heavy atom. The highest BCUT2D eigenvalue weighted by molar-refractivity contribution is 5.79. The molecule has 5 nitrogen and oxygen atoms in total. The largest absolute Gasteiger partial charge is 0.349 e. The van der Waals surface area contributed by atoms with Gasteiger partial charge in [0.25, 0.3) is 11.8 Å². The Kier molecular flexibility index (Phi) is 7.00. The van der Waals surface area contributed by atoms with Crippen molar-refractivity contribution in [1.82, 2.24) is 10.2 Å². The zero-order chi connectivity index (χ0) is 18.4. The second-order valence-corrected chi connectivity index (χ2v) is 7.62. The Morgan fingerprint density at radius 2 is 1.80 bits per heavy atom. The molecule has 1 aromatic carbocycles. The van der Waals surface area contributed by atoms with Gasteiger partial charge >= 0.3 is 0 Å². The lowest BCUT2D eigenvalue weighted by atomic mass is 10.1. The molecule has 0 aliphatic heterocycles. The third-order valence-corrected chi connectivity index (χ3v) is 4.68. The van der Waals surface area contributed by atoms with Gasteiger partial charge in [0.1, 0.15) is 0 Å². The molecular formula is C20H32N3O2+. The van der Waals surface area contributed by atoms with E-state index in [2.05, 4.69) is 24.4 Å². The average Bonchev–Trinajstić information content (AvgIpc) is 3.36. The van der Waals surface area contributed by atoms with Crippen LogP contribution < -0.4 is 10.2 Å². The molecule has 5 heteroatoms. The van der Waals surface area contributed by atoms with Crippen LogP contribution in [0.2, 0.25) is 0 Å². The summed E-state index contributed by atoms with van der Waals surface area (Å²) in [5.41, 5.74) is 1.15. The Bertz CT molecular complexity index is 570. The molecule has 1 saturated carbocycles. The smallest absolute Gasteiger partial charge is 0.278 e. The molecule has 1 aliphatic carbocycles. The molecule has 2 amide bonds. The molecule has 2 atom stereocenters. The predicted octanol–water partition coefficient (Wildman–Crippen LogP) is 0.853. The van der Waals surface area contributed by atoms with E-state index in [9.17, 15) is 9.59 Å². The highest BCUT2D eigenvalue weighted by Crippen LogP contribution is 2.35. The lowest BCUT2D eigenvalue weighted by Crippen LogP contribution is -3.11. The van der Waals surface area contributed by atoms with E-state index in [1.54, 1.807) is 0 Å². The number of nitrogens with one attached hydrogen (secondary N) is 2. The molecule has 0 heterocycles. The van der Waals surface area contributed by atoms with E-state index >= 15 is 0 Å². The van der Waals surface area contributed by atoms with Crippen molar-refractivity contribution in [3.63, 3.8) is 0 Å². The molecule has 1 unspecified atom stereocenters. The van der Waals surface area contributed by atoms with Crippen molar-refractivity contribution in [1.29, 1.82) is 0 Å². The zero-order valence-corrected chi connectivity index (χ0v) is 15.9. The van der Waals surface area contributed by atoms with Gasteiger partial charge in [-0.25, -0.2) is 0 Å². The van der Waals surface area contributed by atoms with Gasteiger partial charge in [-0.2, -0.15) is 0 Å². The summed E-state index contributed by atoms with van der Waals surface area (Å²) in [6, 6.07) is 10.5. The lowest BCUT2D eigenvalue weighted by molar-refractivity contribution is -0.863. The number of quaternary nitrogens is 1. The van der Waals surface area contributed by atoms with Gasteiger partial charge in [0.15, 0.2) is 13.1 Å². The zero-order valence-electron chi connectivity index (χ0n) is 15.9. The first kappa shape index (κ1) is 19.4. The SMILES string of the molecule is CC(C)NC(=O)C[NH+](C)CC(=O)N(Cc1ccccc1)[C@@H](C)C1CC1. The first-order valence-electron chi connectivity index (χ1n) is 9.31. The van der Waals surface area contributed by atoms with Crippen LogP contribution in [0.5, 0.6) is 0 Å².